The van der Waals surface area contributed by atoms with Crippen LogP contribution in [0.25, 0.3) is 0 Å². The number of nitrogens with zero attached hydrogens (tertiary/aromatic N) is 2. The molecule has 0 aromatic carbocycles. The monoisotopic (exact) mass is 237 g/mol. The van der Waals surface area contributed by atoms with Crippen molar-refractivity contribution in [3.05, 3.63) is 11.9 Å². The maximum Gasteiger partial charge on any atom is 0.111 e. The highest BCUT2D eigenvalue weighted by atomic mass is 16.5. The standard InChI is InChI=1S/C12H19N3O2/c16-11(10-8-13-15-14-10)9-3-6-17-12(7-9)4-1-2-5-12/h8-9,11,16H,1-7H2,(H,13,14,15). The van der Waals surface area contributed by atoms with Crippen molar-refractivity contribution in [3.8, 4) is 0 Å². The van der Waals surface area contributed by atoms with Crippen molar-refractivity contribution in [3.63, 3.8) is 0 Å². The Morgan fingerprint density at radius 3 is 3.00 bits per heavy atom. The molecule has 1 aliphatic heterocycles. The second kappa shape index (κ2) is 4.38. The molecule has 94 valence electrons. The molecule has 5 nitrogen and oxygen atoms in total. The minimum Gasteiger partial charge on any atom is -0.386 e. The van der Waals surface area contributed by atoms with E-state index >= 15 is 0 Å². The van der Waals surface area contributed by atoms with Crippen LogP contribution in [-0.2, 0) is 4.74 Å². The van der Waals surface area contributed by atoms with Gasteiger partial charge in [0.15, 0.2) is 0 Å². The maximum absolute atomic E-state index is 10.3. The van der Waals surface area contributed by atoms with Crippen LogP contribution in [0.3, 0.4) is 0 Å². The fraction of sp³-hybridized carbons (Fsp3) is 0.833. The van der Waals surface area contributed by atoms with Crippen LogP contribution in [0.4, 0.5) is 0 Å². The topological polar surface area (TPSA) is 71.0 Å². The van der Waals surface area contributed by atoms with Gasteiger partial charge in [0.2, 0.25) is 0 Å². The van der Waals surface area contributed by atoms with E-state index in [1.807, 2.05) is 0 Å². The van der Waals surface area contributed by atoms with Gasteiger partial charge in [-0.05, 0) is 31.6 Å². The molecule has 2 unspecified atom stereocenters. The van der Waals surface area contributed by atoms with Crippen LogP contribution < -0.4 is 0 Å². The first kappa shape index (κ1) is 11.2. The molecule has 1 aromatic heterocycles. The van der Waals surface area contributed by atoms with Gasteiger partial charge in [-0.3, -0.25) is 0 Å². The average Bonchev–Trinajstić information content (AvgIpc) is 3.00. The zero-order valence-electron chi connectivity index (χ0n) is 9.93. The number of aliphatic hydroxyl groups excluding tert-OH is 1. The van der Waals surface area contributed by atoms with E-state index in [0.717, 1.165) is 32.3 Å². The SMILES string of the molecule is OC(c1cn[nH]n1)C1CCOC2(CCCC2)C1. The summed E-state index contributed by atoms with van der Waals surface area (Å²) in [7, 11) is 0. The van der Waals surface area contributed by atoms with E-state index in [0.29, 0.717) is 5.69 Å². The molecule has 1 saturated carbocycles. The van der Waals surface area contributed by atoms with Gasteiger partial charge in [-0.1, -0.05) is 12.8 Å². The molecule has 0 radical (unpaired) electrons. The molecule has 1 aromatic rings. The summed E-state index contributed by atoms with van der Waals surface area (Å²) in [6.45, 7) is 0.763. The van der Waals surface area contributed by atoms with Crippen molar-refractivity contribution in [2.24, 2.45) is 5.92 Å². The minimum atomic E-state index is -0.505. The van der Waals surface area contributed by atoms with Gasteiger partial charge in [0.05, 0.1) is 11.8 Å². The molecule has 3 rings (SSSR count). The highest BCUT2D eigenvalue weighted by Gasteiger charge is 2.42. The summed E-state index contributed by atoms with van der Waals surface area (Å²) in [5.74, 6) is 0.256. The third-order valence-corrected chi connectivity index (χ3v) is 4.23. The Bertz CT molecular complexity index is 360. The lowest BCUT2D eigenvalue weighted by Gasteiger charge is -2.39. The normalized spacial score (nSPS) is 29.6. The van der Waals surface area contributed by atoms with Crippen LogP contribution in [0.5, 0.6) is 0 Å². The second-order valence-corrected chi connectivity index (χ2v) is 5.33. The fourth-order valence-corrected chi connectivity index (χ4v) is 3.30. The smallest absolute Gasteiger partial charge is 0.111 e. The predicted molar refractivity (Wildman–Crippen MR) is 61.2 cm³/mol. The van der Waals surface area contributed by atoms with Gasteiger partial charge < -0.3 is 9.84 Å². The number of ether oxygens (including phenoxy) is 1. The number of aromatic nitrogens is 3. The molecule has 1 saturated heterocycles. The Labute approximate surface area is 101 Å². The molecule has 2 atom stereocenters. The number of rotatable bonds is 2. The molecule has 2 heterocycles. The van der Waals surface area contributed by atoms with E-state index in [1.165, 1.54) is 12.8 Å². The molecule has 5 heteroatoms. The van der Waals surface area contributed by atoms with Crippen LogP contribution in [0.15, 0.2) is 6.20 Å². The van der Waals surface area contributed by atoms with Crippen molar-refractivity contribution >= 4 is 0 Å². The molecule has 1 aliphatic carbocycles. The van der Waals surface area contributed by atoms with Gasteiger partial charge in [0.1, 0.15) is 11.8 Å². The number of hydrogen-bond donors (Lipinski definition) is 2. The van der Waals surface area contributed by atoms with Crippen LogP contribution >= 0.6 is 0 Å². The van der Waals surface area contributed by atoms with Crippen LogP contribution in [-0.4, -0.2) is 32.7 Å². The quantitative estimate of drug-likeness (QED) is 0.819. The maximum atomic E-state index is 10.3. The lowest BCUT2D eigenvalue weighted by atomic mass is 9.81. The van der Waals surface area contributed by atoms with Crippen LogP contribution in [0, 0.1) is 5.92 Å². The Kier molecular flexibility index (Phi) is 2.88. The van der Waals surface area contributed by atoms with E-state index in [9.17, 15) is 5.11 Å². The largest absolute Gasteiger partial charge is 0.386 e. The summed E-state index contributed by atoms with van der Waals surface area (Å²) in [6.07, 6.45) is 7.79. The molecule has 2 aliphatic rings. The van der Waals surface area contributed by atoms with Crippen molar-refractivity contribution in [2.75, 3.05) is 6.61 Å². The fourth-order valence-electron chi connectivity index (χ4n) is 3.30. The van der Waals surface area contributed by atoms with Crippen molar-refractivity contribution in [1.29, 1.82) is 0 Å². The third-order valence-electron chi connectivity index (χ3n) is 4.23. The Balaban J connectivity index is 1.71. The van der Waals surface area contributed by atoms with Crippen molar-refractivity contribution in [2.45, 2.75) is 50.2 Å². The van der Waals surface area contributed by atoms with Crippen molar-refractivity contribution < 1.29 is 9.84 Å². The number of nitrogens with one attached hydrogen (secondary N) is 1. The van der Waals surface area contributed by atoms with E-state index < -0.39 is 6.10 Å². The zero-order valence-corrected chi connectivity index (χ0v) is 9.93. The summed E-state index contributed by atoms with van der Waals surface area (Å²) >= 11 is 0. The molecular formula is C12H19N3O2. The van der Waals surface area contributed by atoms with Gasteiger partial charge in [-0.15, -0.1) is 0 Å². The highest BCUT2D eigenvalue weighted by molar-refractivity contribution is 5.02. The van der Waals surface area contributed by atoms with E-state index in [4.69, 9.17) is 4.74 Å². The van der Waals surface area contributed by atoms with Gasteiger partial charge in [-0.2, -0.15) is 15.4 Å². The molecule has 1 spiro atoms. The van der Waals surface area contributed by atoms with Crippen molar-refractivity contribution in [1.82, 2.24) is 15.4 Å². The van der Waals surface area contributed by atoms with Gasteiger partial charge in [-0.25, -0.2) is 0 Å². The van der Waals surface area contributed by atoms with Gasteiger partial charge >= 0.3 is 0 Å². The molecule has 2 fully saturated rings. The molecule has 0 bridgehead atoms. The molecule has 0 amide bonds. The number of aliphatic hydroxyl groups is 1. The Hall–Kier alpha value is -0.940. The number of aromatic amines is 1. The molecule has 2 N–H and O–H groups in total. The summed E-state index contributed by atoms with van der Waals surface area (Å²) in [6, 6.07) is 0. The number of H-pyrrole nitrogens is 1. The summed E-state index contributed by atoms with van der Waals surface area (Å²) in [5, 5.41) is 20.6. The lowest BCUT2D eigenvalue weighted by Crippen LogP contribution is -2.39. The molecule has 17 heavy (non-hydrogen) atoms. The second-order valence-electron chi connectivity index (χ2n) is 5.33. The lowest BCUT2D eigenvalue weighted by molar-refractivity contribution is -0.113. The van der Waals surface area contributed by atoms with Crippen LogP contribution in [0.2, 0.25) is 0 Å². The van der Waals surface area contributed by atoms with E-state index in [1.54, 1.807) is 6.20 Å². The summed E-state index contributed by atoms with van der Waals surface area (Å²) < 4.78 is 5.97. The van der Waals surface area contributed by atoms with E-state index in [2.05, 4.69) is 15.4 Å². The first-order valence-corrected chi connectivity index (χ1v) is 6.47. The first-order valence-electron chi connectivity index (χ1n) is 6.47. The summed E-state index contributed by atoms with van der Waals surface area (Å²) in [5.41, 5.74) is 0.707. The highest BCUT2D eigenvalue weighted by Crippen LogP contribution is 2.44. The third kappa shape index (κ3) is 2.09. The zero-order chi connectivity index (χ0) is 11.7. The first-order chi connectivity index (χ1) is 8.29. The summed E-state index contributed by atoms with van der Waals surface area (Å²) in [4.78, 5) is 0. The Morgan fingerprint density at radius 1 is 1.47 bits per heavy atom. The van der Waals surface area contributed by atoms with Gasteiger partial charge in [0.25, 0.3) is 0 Å². The minimum absolute atomic E-state index is 0.0492. The number of hydrogen-bond acceptors (Lipinski definition) is 4. The van der Waals surface area contributed by atoms with Crippen LogP contribution in [0.1, 0.15) is 50.3 Å². The predicted octanol–water partition coefficient (Wildman–Crippen LogP) is 1.58. The molecular weight excluding hydrogens is 218 g/mol. The van der Waals surface area contributed by atoms with Gasteiger partial charge in [0, 0.05) is 6.61 Å². The Morgan fingerprint density at radius 2 is 2.29 bits per heavy atom. The average molecular weight is 237 g/mol. The van der Waals surface area contributed by atoms with E-state index in [-0.39, 0.29) is 11.5 Å².